The van der Waals surface area contributed by atoms with Crippen molar-refractivity contribution < 1.29 is 37.3 Å². The number of hydrogen-bond acceptors (Lipinski definition) is 12. The van der Waals surface area contributed by atoms with Crippen molar-refractivity contribution in [1.82, 2.24) is 9.80 Å². The van der Waals surface area contributed by atoms with Crippen LogP contribution in [0, 0.1) is 0 Å². The Labute approximate surface area is 244 Å². The summed E-state index contributed by atoms with van der Waals surface area (Å²) in [5.74, 6) is -0.856. The molecule has 0 aliphatic carbocycles. The Morgan fingerprint density at radius 3 is 1.23 bits per heavy atom. The second kappa shape index (κ2) is 14.2. The van der Waals surface area contributed by atoms with Gasteiger partial charge >= 0.3 is 48.9 Å². The van der Waals surface area contributed by atoms with Crippen LogP contribution in [-0.2, 0) is 44.9 Å². The van der Waals surface area contributed by atoms with Crippen molar-refractivity contribution >= 4 is 127 Å². The van der Waals surface area contributed by atoms with Crippen molar-refractivity contribution in [1.29, 1.82) is 0 Å². The molecular formula is C14H24BaN2O8S6. The van der Waals surface area contributed by atoms with Crippen LogP contribution in [0.2, 0.25) is 0 Å². The summed E-state index contributed by atoms with van der Waals surface area (Å²) in [4.78, 5) is 2.78. The van der Waals surface area contributed by atoms with Crippen LogP contribution in [0.5, 0.6) is 0 Å². The van der Waals surface area contributed by atoms with Crippen LogP contribution in [0.4, 0.5) is 0 Å². The van der Waals surface area contributed by atoms with Gasteiger partial charge in [-0.3, -0.25) is 0 Å². The van der Waals surface area contributed by atoms with Gasteiger partial charge in [0, 0.05) is 13.1 Å². The fourth-order valence-electron chi connectivity index (χ4n) is 3.22. The number of hydrogen-bond donors (Lipinski definition) is 4. The van der Waals surface area contributed by atoms with Gasteiger partial charge in [0.15, 0.2) is 19.7 Å². The van der Waals surface area contributed by atoms with Gasteiger partial charge in [-0.1, -0.05) is 8.64 Å². The molecule has 0 amide bonds. The summed E-state index contributed by atoms with van der Waals surface area (Å²) in [6.45, 7) is -0.0563. The van der Waals surface area contributed by atoms with Crippen LogP contribution in [0.3, 0.4) is 0 Å². The van der Waals surface area contributed by atoms with Crippen molar-refractivity contribution in [3.63, 3.8) is 0 Å². The summed E-state index contributed by atoms with van der Waals surface area (Å²) < 4.78 is 45.2. The Bertz CT molecular complexity index is 759. The Morgan fingerprint density at radius 2 is 1.06 bits per heavy atom. The smallest absolute Gasteiger partial charge is 0.411 e. The molecule has 0 saturated carbocycles. The van der Waals surface area contributed by atoms with Crippen molar-refractivity contribution in [2.24, 2.45) is 0 Å². The molecule has 4 unspecified atom stereocenters. The zero-order chi connectivity index (χ0) is 23.3. The molecule has 0 aromatic carbocycles. The van der Waals surface area contributed by atoms with Crippen LogP contribution in [0.25, 0.3) is 0 Å². The molecule has 176 valence electrons. The third-order valence-corrected chi connectivity index (χ3v) is 8.87. The molecule has 4 N–H and O–H groups in total. The van der Waals surface area contributed by atoms with E-state index < -0.39 is 44.0 Å². The van der Waals surface area contributed by atoms with E-state index in [1.807, 2.05) is 0 Å². The maximum absolute atomic E-state index is 11.3. The molecule has 2 heterocycles. The predicted octanol–water partition coefficient (Wildman–Crippen LogP) is -3.84. The van der Waals surface area contributed by atoms with E-state index in [0.29, 0.717) is 0 Å². The van der Waals surface area contributed by atoms with E-state index in [0.717, 1.165) is 0 Å². The second-order valence-electron chi connectivity index (χ2n) is 6.79. The van der Waals surface area contributed by atoms with Gasteiger partial charge in [0.05, 0.1) is 60.5 Å². The van der Waals surface area contributed by atoms with Crippen molar-refractivity contribution in [2.75, 3.05) is 49.3 Å². The molecule has 0 radical (unpaired) electrons. The zero-order valence-corrected chi connectivity index (χ0v) is 25.8. The van der Waals surface area contributed by atoms with Gasteiger partial charge in [0.1, 0.15) is 0 Å². The number of aliphatic hydroxyl groups is 4. The standard InChI is InChI=1S/2C7H13NO4S3.Ba/c2*9-2-1-8(7(13)14)5-3-15(11,12)4-6(5)10;/h2*5-6,9-10H,1-4H2,(H,13,14);/q;;+2/p-2. The molecule has 2 aliphatic rings. The van der Waals surface area contributed by atoms with Crippen LogP contribution < -0.4 is 0 Å². The first-order valence-electron chi connectivity index (χ1n) is 8.68. The Kier molecular flexibility index (Phi) is 14.9. The maximum Gasteiger partial charge on any atom is 2.00 e. The molecule has 2 rings (SSSR count). The van der Waals surface area contributed by atoms with Crippen molar-refractivity contribution in [3.8, 4) is 0 Å². The van der Waals surface area contributed by atoms with Gasteiger partial charge in [0.25, 0.3) is 0 Å². The summed E-state index contributed by atoms with van der Waals surface area (Å²) >= 11 is 19.1. The first-order valence-corrected chi connectivity index (χ1v) is 14.0. The molecule has 0 aromatic heterocycles. The minimum absolute atomic E-state index is 0. The van der Waals surface area contributed by atoms with E-state index in [4.69, 9.17) is 59.9 Å². The maximum atomic E-state index is 11.3. The number of thiocarbonyl (C=S) groups is 2. The Hall–Kier alpha value is 1.53. The number of sulfone groups is 2. The molecule has 10 nitrogen and oxygen atoms in total. The Balaban J connectivity index is 0.000000562. The van der Waals surface area contributed by atoms with E-state index >= 15 is 0 Å². The fourth-order valence-corrected chi connectivity index (χ4v) is 7.73. The summed E-state index contributed by atoms with van der Waals surface area (Å²) in [5.41, 5.74) is 0. The average Bonchev–Trinajstić information content (AvgIpc) is 3.03. The van der Waals surface area contributed by atoms with E-state index in [1.165, 1.54) is 9.80 Å². The topological polar surface area (TPSA) is 156 Å². The summed E-state index contributed by atoms with van der Waals surface area (Å²) in [7, 11) is -6.44. The molecule has 2 saturated heterocycles. The number of rotatable bonds is 6. The third-order valence-electron chi connectivity index (χ3n) is 4.54. The van der Waals surface area contributed by atoms with Gasteiger partial charge in [-0.2, -0.15) is 0 Å². The van der Waals surface area contributed by atoms with Crippen LogP contribution in [0.15, 0.2) is 0 Å². The van der Waals surface area contributed by atoms with Gasteiger partial charge in [-0.15, -0.1) is 0 Å². The van der Waals surface area contributed by atoms with Crippen molar-refractivity contribution in [3.05, 3.63) is 0 Å². The molecular weight excluding hydrogens is 654 g/mol. The monoisotopic (exact) mass is 678 g/mol. The molecule has 2 fully saturated rings. The van der Waals surface area contributed by atoms with Crippen molar-refractivity contribution in [2.45, 2.75) is 24.3 Å². The minimum Gasteiger partial charge on any atom is -0.411 e. The molecule has 0 aromatic rings. The first kappa shape index (κ1) is 32.5. The molecule has 17 heteroatoms. The minimum atomic E-state index is -3.22. The van der Waals surface area contributed by atoms with Crippen LogP contribution in [-0.4, -0.2) is 178 Å². The van der Waals surface area contributed by atoms with E-state index in [1.54, 1.807) is 0 Å². The molecule has 4 atom stereocenters. The summed E-state index contributed by atoms with van der Waals surface area (Å²) in [6, 6.07) is -1.24. The predicted molar refractivity (Wildman–Crippen MR) is 130 cm³/mol. The number of nitrogens with zero attached hydrogens (tertiary/aromatic N) is 2. The SMILES string of the molecule is O=S1(=O)CC(O)C(N(CCO)C(=S)[S-])C1.O=S1(=O)CC(O)C(N(CCO)C(=S)[S-])C1.[Ba+2]. The first-order chi connectivity index (χ1) is 13.7. The molecule has 0 bridgehead atoms. The largest absolute Gasteiger partial charge is 2.00 e. The third kappa shape index (κ3) is 10.4. The van der Waals surface area contributed by atoms with E-state index in [-0.39, 0.29) is 107 Å². The summed E-state index contributed by atoms with van der Waals surface area (Å²) in [5, 5.41) is 36.7. The van der Waals surface area contributed by atoms with Gasteiger partial charge < -0.3 is 79.9 Å². The van der Waals surface area contributed by atoms with Gasteiger partial charge in [-0.25, -0.2) is 16.8 Å². The normalized spacial score (nSPS) is 28.0. The van der Waals surface area contributed by atoms with Gasteiger partial charge in [-0.05, 0) is 0 Å². The van der Waals surface area contributed by atoms with E-state index in [2.05, 4.69) is 0 Å². The second-order valence-corrected chi connectivity index (χ2v) is 13.2. The molecule has 2 aliphatic heterocycles. The molecule has 31 heavy (non-hydrogen) atoms. The summed E-state index contributed by atoms with van der Waals surface area (Å²) in [6.07, 6.45) is -1.97. The Morgan fingerprint density at radius 1 is 0.774 bits per heavy atom. The number of aliphatic hydroxyl groups excluding tert-OH is 4. The van der Waals surface area contributed by atoms with Gasteiger partial charge in [0.2, 0.25) is 0 Å². The zero-order valence-electron chi connectivity index (χ0n) is 16.4. The molecule has 0 spiro atoms. The fraction of sp³-hybridized carbons (Fsp3) is 0.857. The van der Waals surface area contributed by atoms with Crippen LogP contribution >= 0.6 is 24.4 Å². The average molecular weight is 678 g/mol. The quantitative estimate of drug-likeness (QED) is 0.123. The van der Waals surface area contributed by atoms with E-state index in [9.17, 15) is 27.0 Å². The van der Waals surface area contributed by atoms with Crippen LogP contribution in [0.1, 0.15) is 0 Å².